The summed E-state index contributed by atoms with van der Waals surface area (Å²) in [4.78, 5) is 0. The average Bonchev–Trinajstić information content (AvgIpc) is 2.90. The summed E-state index contributed by atoms with van der Waals surface area (Å²) in [5, 5.41) is 7.37. The van der Waals surface area contributed by atoms with Crippen molar-refractivity contribution in [1.82, 2.24) is 10.6 Å². The van der Waals surface area contributed by atoms with Crippen LogP contribution < -0.4 is 10.6 Å². The van der Waals surface area contributed by atoms with E-state index >= 15 is 0 Å². The number of hydrogen-bond donors (Lipinski definition) is 2. The van der Waals surface area contributed by atoms with Gasteiger partial charge in [0, 0.05) is 24.5 Å². The van der Waals surface area contributed by atoms with Crippen molar-refractivity contribution in [2.45, 2.75) is 58.5 Å². The highest BCUT2D eigenvalue weighted by atomic mass is 16.5. The van der Waals surface area contributed by atoms with Crippen LogP contribution in [0.1, 0.15) is 46.5 Å². The lowest BCUT2D eigenvalue weighted by molar-refractivity contribution is 0.181. The third-order valence-electron chi connectivity index (χ3n) is 4.49. The van der Waals surface area contributed by atoms with Gasteiger partial charge in [-0.05, 0) is 37.6 Å². The molecule has 0 aromatic heterocycles. The summed E-state index contributed by atoms with van der Waals surface area (Å²) in [6, 6.07) is 1.29. The summed E-state index contributed by atoms with van der Waals surface area (Å²) in [5.41, 5.74) is 0.545. The fourth-order valence-corrected chi connectivity index (χ4v) is 3.28. The molecule has 1 aliphatic carbocycles. The van der Waals surface area contributed by atoms with Gasteiger partial charge < -0.3 is 15.4 Å². The Bertz CT molecular complexity index is 255. The van der Waals surface area contributed by atoms with Crippen LogP contribution in [0.3, 0.4) is 0 Å². The zero-order valence-corrected chi connectivity index (χ0v) is 12.3. The summed E-state index contributed by atoms with van der Waals surface area (Å²) in [6.45, 7) is 11.0. The second-order valence-corrected chi connectivity index (χ2v) is 6.87. The molecule has 1 saturated heterocycles. The Labute approximate surface area is 112 Å². The minimum Gasteiger partial charge on any atom is -0.379 e. The Hall–Kier alpha value is -0.120. The van der Waals surface area contributed by atoms with Gasteiger partial charge in [0.15, 0.2) is 0 Å². The third kappa shape index (κ3) is 3.94. The Morgan fingerprint density at radius 3 is 2.72 bits per heavy atom. The number of nitrogens with one attached hydrogen (secondary N) is 2. The van der Waals surface area contributed by atoms with Gasteiger partial charge in [-0.1, -0.05) is 20.8 Å². The lowest BCUT2D eigenvalue weighted by Gasteiger charge is -2.22. The normalized spacial score (nSPS) is 35.2. The predicted octanol–water partition coefficient (Wildman–Crippen LogP) is 2.17. The van der Waals surface area contributed by atoms with Gasteiger partial charge in [0.05, 0.1) is 13.2 Å². The molecule has 2 fully saturated rings. The van der Waals surface area contributed by atoms with Crippen LogP contribution in [0.4, 0.5) is 0 Å². The molecule has 0 radical (unpaired) electrons. The summed E-state index contributed by atoms with van der Waals surface area (Å²) in [7, 11) is 0. The molecule has 1 heterocycles. The maximum absolute atomic E-state index is 5.62. The van der Waals surface area contributed by atoms with Gasteiger partial charge in [-0.15, -0.1) is 0 Å². The molecular formula is C15H30N2O. The van der Waals surface area contributed by atoms with E-state index in [-0.39, 0.29) is 0 Å². The first kappa shape index (κ1) is 14.3. The van der Waals surface area contributed by atoms with Gasteiger partial charge >= 0.3 is 0 Å². The molecule has 0 aromatic rings. The van der Waals surface area contributed by atoms with Crippen molar-refractivity contribution in [1.29, 1.82) is 0 Å². The molecule has 2 rings (SSSR count). The van der Waals surface area contributed by atoms with Crippen molar-refractivity contribution >= 4 is 0 Å². The standard InChI is InChI=1S/C15H30N2O/c1-4-7-16-14-11-18-10-12(14)9-17-13-5-6-15(2,3)8-13/h12-14,16-17H,4-11H2,1-3H3. The number of rotatable bonds is 6. The lowest BCUT2D eigenvalue weighted by Crippen LogP contribution is -2.42. The topological polar surface area (TPSA) is 33.3 Å². The van der Waals surface area contributed by atoms with E-state index in [4.69, 9.17) is 4.74 Å². The van der Waals surface area contributed by atoms with Crippen LogP contribution in [0.15, 0.2) is 0 Å². The van der Waals surface area contributed by atoms with Crippen LogP contribution in [0, 0.1) is 11.3 Å². The molecule has 1 aliphatic heterocycles. The molecule has 2 N–H and O–H groups in total. The minimum absolute atomic E-state index is 0.545. The van der Waals surface area contributed by atoms with Crippen molar-refractivity contribution in [3.63, 3.8) is 0 Å². The van der Waals surface area contributed by atoms with E-state index < -0.39 is 0 Å². The van der Waals surface area contributed by atoms with Gasteiger partial charge in [0.25, 0.3) is 0 Å². The lowest BCUT2D eigenvalue weighted by atomic mass is 9.92. The SMILES string of the molecule is CCCNC1COCC1CNC1CCC(C)(C)C1. The van der Waals surface area contributed by atoms with Gasteiger partial charge in [-0.25, -0.2) is 0 Å². The van der Waals surface area contributed by atoms with E-state index in [0.29, 0.717) is 17.4 Å². The molecule has 0 bridgehead atoms. The first-order chi connectivity index (χ1) is 8.61. The molecule has 3 atom stereocenters. The number of ether oxygens (including phenoxy) is 1. The van der Waals surface area contributed by atoms with Gasteiger partial charge in [0.2, 0.25) is 0 Å². The van der Waals surface area contributed by atoms with Gasteiger partial charge in [0.1, 0.15) is 0 Å². The van der Waals surface area contributed by atoms with Gasteiger partial charge in [-0.3, -0.25) is 0 Å². The molecule has 1 saturated carbocycles. The Balaban J connectivity index is 1.69. The second-order valence-electron chi connectivity index (χ2n) is 6.87. The molecular weight excluding hydrogens is 224 g/mol. The molecule has 0 spiro atoms. The molecule has 18 heavy (non-hydrogen) atoms. The molecule has 3 unspecified atom stereocenters. The quantitative estimate of drug-likeness (QED) is 0.762. The summed E-state index contributed by atoms with van der Waals surface area (Å²) >= 11 is 0. The van der Waals surface area contributed by atoms with E-state index in [1.54, 1.807) is 0 Å². The van der Waals surface area contributed by atoms with E-state index in [1.165, 1.54) is 25.7 Å². The van der Waals surface area contributed by atoms with E-state index in [2.05, 4.69) is 31.4 Å². The van der Waals surface area contributed by atoms with Crippen LogP contribution in [0.25, 0.3) is 0 Å². The maximum Gasteiger partial charge on any atom is 0.0623 e. The van der Waals surface area contributed by atoms with Crippen LogP contribution in [-0.2, 0) is 4.74 Å². The molecule has 3 nitrogen and oxygen atoms in total. The van der Waals surface area contributed by atoms with Crippen molar-refractivity contribution in [3.05, 3.63) is 0 Å². The molecule has 0 aromatic carbocycles. The molecule has 3 heteroatoms. The molecule has 2 aliphatic rings. The van der Waals surface area contributed by atoms with Crippen LogP contribution in [0.5, 0.6) is 0 Å². The largest absolute Gasteiger partial charge is 0.379 e. The highest BCUT2D eigenvalue weighted by Gasteiger charge is 2.32. The maximum atomic E-state index is 5.62. The monoisotopic (exact) mass is 254 g/mol. The Morgan fingerprint density at radius 2 is 2.06 bits per heavy atom. The van der Waals surface area contributed by atoms with Crippen LogP contribution >= 0.6 is 0 Å². The molecule has 106 valence electrons. The number of hydrogen-bond acceptors (Lipinski definition) is 3. The van der Waals surface area contributed by atoms with E-state index in [1.807, 2.05) is 0 Å². The zero-order chi connectivity index (χ0) is 13.0. The summed E-state index contributed by atoms with van der Waals surface area (Å²) < 4.78 is 5.62. The highest BCUT2D eigenvalue weighted by Crippen LogP contribution is 2.36. The minimum atomic E-state index is 0.545. The highest BCUT2D eigenvalue weighted by molar-refractivity contribution is 4.89. The summed E-state index contributed by atoms with van der Waals surface area (Å²) in [5.74, 6) is 0.653. The fourth-order valence-electron chi connectivity index (χ4n) is 3.28. The second kappa shape index (κ2) is 6.36. The average molecular weight is 254 g/mol. The zero-order valence-electron chi connectivity index (χ0n) is 12.3. The van der Waals surface area contributed by atoms with Crippen molar-refractivity contribution < 1.29 is 4.74 Å². The van der Waals surface area contributed by atoms with Crippen LogP contribution in [-0.4, -0.2) is 38.4 Å². The Kier molecular flexibility index (Phi) is 5.05. The third-order valence-corrected chi connectivity index (χ3v) is 4.49. The first-order valence-corrected chi connectivity index (χ1v) is 7.65. The summed E-state index contributed by atoms with van der Waals surface area (Å²) in [6.07, 6.45) is 5.23. The van der Waals surface area contributed by atoms with Crippen LogP contribution in [0.2, 0.25) is 0 Å². The van der Waals surface area contributed by atoms with Crippen molar-refractivity contribution in [2.24, 2.45) is 11.3 Å². The van der Waals surface area contributed by atoms with Crippen molar-refractivity contribution in [2.75, 3.05) is 26.3 Å². The first-order valence-electron chi connectivity index (χ1n) is 7.65. The van der Waals surface area contributed by atoms with E-state index in [0.717, 1.165) is 32.3 Å². The smallest absolute Gasteiger partial charge is 0.0623 e. The fraction of sp³-hybridized carbons (Fsp3) is 1.00. The molecule has 0 amide bonds. The predicted molar refractivity (Wildman–Crippen MR) is 75.8 cm³/mol. The van der Waals surface area contributed by atoms with E-state index in [9.17, 15) is 0 Å². The Morgan fingerprint density at radius 1 is 1.22 bits per heavy atom. The van der Waals surface area contributed by atoms with Crippen molar-refractivity contribution in [3.8, 4) is 0 Å². The van der Waals surface area contributed by atoms with Gasteiger partial charge in [-0.2, -0.15) is 0 Å².